The minimum atomic E-state index is -0.915. The van der Waals surface area contributed by atoms with E-state index in [1.807, 2.05) is 0 Å². The fraction of sp³-hybridized carbons (Fsp3) is 0.381. The van der Waals surface area contributed by atoms with E-state index in [1.54, 1.807) is 38.4 Å². The highest BCUT2D eigenvalue weighted by Crippen LogP contribution is 2.38. The van der Waals surface area contributed by atoms with Gasteiger partial charge >= 0.3 is 17.8 Å². The third-order valence-electron chi connectivity index (χ3n) is 4.76. The molecule has 3 rings (SSSR count). The third kappa shape index (κ3) is 5.10. The van der Waals surface area contributed by atoms with E-state index < -0.39 is 17.8 Å². The van der Waals surface area contributed by atoms with E-state index in [1.165, 1.54) is 11.3 Å². The van der Waals surface area contributed by atoms with Crippen LogP contribution in [0.5, 0.6) is 0 Å². The summed E-state index contributed by atoms with van der Waals surface area (Å²) < 4.78 is 5.19. The maximum Gasteiger partial charge on any atom is 0.341 e. The number of nitrogens with zero attached hydrogens (tertiary/aromatic N) is 2. The number of hydrazone groups is 1. The smallest absolute Gasteiger partial charge is 0.341 e. The van der Waals surface area contributed by atoms with E-state index in [0.717, 1.165) is 48.1 Å². The Kier molecular flexibility index (Phi) is 7.29. The van der Waals surface area contributed by atoms with Gasteiger partial charge in [0.05, 0.1) is 17.9 Å². The number of carbonyl (C=O) groups excluding carboxylic acids is 3. The maximum absolute atomic E-state index is 12.5. The van der Waals surface area contributed by atoms with Crippen molar-refractivity contribution in [1.29, 1.82) is 0 Å². The van der Waals surface area contributed by atoms with Crippen molar-refractivity contribution in [3.05, 3.63) is 46.1 Å². The number of aromatic nitrogens is 1. The van der Waals surface area contributed by atoms with Crippen molar-refractivity contribution in [2.24, 2.45) is 5.10 Å². The normalized spacial score (nSPS) is 13.7. The van der Waals surface area contributed by atoms with Crippen LogP contribution < -0.4 is 10.7 Å². The Morgan fingerprint density at radius 2 is 1.87 bits per heavy atom. The molecule has 1 aliphatic carbocycles. The molecule has 158 valence electrons. The molecular formula is C21H24N4O4S. The van der Waals surface area contributed by atoms with Crippen molar-refractivity contribution < 1.29 is 19.1 Å². The minimum absolute atomic E-state index is 0.236. The van der Waals surface area contributed by atoms with Crippen molar-refractivity contribution >= 4 is 39.8 Å². The van der Waals surface area contributed by atoms with Crippen LogP contribution in [0.15, 0.2) is 29.6 Å². The topological polar surface area (TPSA) is 110 Å². The second kappa shape index (κ2) is 10.1. The average molecular weight is 429 g/mol. The molecule has 2 aromatic rings. The van der Waals surface area contributed by atoms with Crippen LogP contribution in [-0.2, 0) is 27.2 Å². The van der Waals surface area contributed by atoms with Crippen LogP contribution in [0.3, 0.4) is 0 Å². The summed E-state index contributed by atoms with van der Waals surface area (Å²) in [5.74, 6) is -2.27. The number of carbonyl (C=O) groups is 3. The SMILES string of the molecule is CCOC(=O)c1c(NC(=O)C(=O)N/N=C(\C)c2ccncc2)sc2c1CCCCC2. The van der Waals surface area contributed by atoms with Crippen LogP contribution in [0.1, 0.15) is 59.5 Å². The van der Waals surface area contributed by atoms with Crippen LogP contribution >= 0.6 is 11.3 Å². The van der Waals surface area contributed by atoms with Crippen LogP contribution in [0.2, 0.25) is 0 Å². The first-order chi connectivity index (χ1) is 14.5. The summed E-state index contributed by atoms with van der Waals surface area (Å²) in [5.41, 5.74) is 4.86. The van der Waals surface area contributed by atoms with Crippen LogP contribution in [-0.4, -0.2) is 35.1 Å². The Balaban J connectivity index is 1.75. The zero-order chi connectivity index (χ0) is 21.5. The molecule has 0 aliphatic heterocycles. The fourth-order valence-corrected chi connectivity index (χ4v) is 4.53. The molecule has 2 amide bonds. The van der Waals surface area contributed by atoms with Gasteiger partial charge in [-0.2, -0.15) is 5.10 Å². The highest BCUT2D eigenvalue weighted by molar-refractivity contribution is 7.17. The number of aryl methyl sites for hydroxylation is 1. The van der Waals surface area contributed by atoms with Gasteiger partial charge in [0.15, 0.2) is 0 Å². The summed E-state index contributed by atoms with van der Waals surface area (Å²) in [5, 5.41) is 6.90. The molecule has 9 heteroatoms. The summed E-state index contributed by atoms with van der Waals surface area (Å²) >= 11 is 1.34. The molecule has 0 spiro atoms. The van der Waals surface area contributed by atoms with E-state index in [4.69, 9.17) is 4.74 Å². The van der Waals surface area contributed by atoms with Gasteiger partial charge in [0.25, 0.3) is 0 Å². The molecule has 1 aliphatic rings. The molecule has 0 atom stereocenters. The molecule has 2 aromatic heterocycles. The quantitative estimate of drug-likeness (QED) is 0.250. The van der Waals surface area contributed by atoms with Crippen LogP contribution in [0.4, 0.5) is 5.00 Å². The van der Waals surface area contributed by atoms with Gasteiger partial charge in [0.2, 0.25) is 0 Å². The van der Waals surface area contributed by atoms with E-state index in [2.05, 4.69) is 20.8 Å². The van der Waals surface area contributed by atoms with E-state index in [9.17, 15) is 14.4 Å². The molecule has 2 heterocycles. The molecule has 0 aromatic carbocycles. The average Bonchev–Trinajstić information content (AvgIpc) is 2.92. The largest absolute Gasteiger partial charge is 0.462 e. The number of fused-ring (bicyclic) bond motifs is 1. The molecule has 0 fully saturated rings. The van der Waals surface area contributed by atoms with E-state index in [-0.39, 0.29) is 6.61 Å². The number of hydrogen-bond acceptors (Lipinski definition) is 7. The fourth-order valence-electron chi connectivity index (χ4n) is 3.25. The zero-order valence-corrected chi connectivity index (χ0v) is 17.8. The lowest BCUT2D eigenvalue weighted by Gasteiger charge is -2.08. The van der Waals surface area contributed by atoms with Crippen molar-refractivity contribution in [3.63, 3.8) is 0 Å². The number of hydrogen-bond donors (Lipinski definition) is 2. The molecule has 0 saturated heterocycles. The summed E-state index contributed by atoms with van der Waals surface area (Å²) in [6.07, 6.45) is 7.95. The predicted octanol–water partition coefficient (Wildman–Crippen LogP) is 3.07. The molecular weight excluding hydrogens is 404 g/mol. The number of thiophene rings is 1. The highest BCUT2D eigenvalue weighted by atomic mass is 32.1. The first-order valence-electron chi connectivity index (χ1n) is 9.89. The van der Waals surface area contributed by atoms with Gasteiger partial charge in [-0.3, -0.25) is 14.6 Å². The van der Waals surface area contributed by atoms with Crippen LogP contribution in [0, 0.1) is 0 Å². The van der Waals surface area contributed by atoms with Gasteiger partial charge in [-0.15, -0.1) is 11.3 Å². The maximum atomic E-state index is 12.5. The van der Waals surface area contributed by atoms with Gasteiger partial charge in [0.1, 0.15) is 5.00 Å². The number of ether oxygens (including phenoxy) is 1. The number of rotatable bonds is 5. The lowest BCUT2D eigenvalue weighted by atomic mass is 10.1. The predicted molar refractivity (Wildman–Crippen MR) is 115 cm³/mol. The second-order valence-corrected chi connectivity index (χ2v) is 7.92. The molecule has 8 nitrogen and oxygen atoms in total. The summed E-state index contributed by atoms with van der Waals surface area (Å²) in [7, 11) is 0. The second-order valence-electron chi connectivity index (χ2n) is 6.82. The monoisotopic (exact) mass is 428 g/mol. The van der Waals surface area contributed by atoms with Gasteiger partial charge in [-0.25, -0.2) is 10.2 Å². The highest BCUT2D eigenvalue weighted by Gasteiger charge is 2.27. The standard InChI is InChI=1S/C21H24N4O4S/c1-3-29-21(28)17-15-7-5-4-6-8-16(15)30-20(17)23-18(26)19(27)25-24-13(2)14-9-11-22-12-10-14/h9-12H,3-8H2,1-2H3,(H,23,26)(H,25,27)/b24-13+. The van der Waals surface area contributed by atoms with Crippen molar-refractivity contribution in [2.45, 2.75) is 46.0 Å². The summed E-state index contributed by atoms with van der Waals surface area (Å²) in [6, 6.07) is 3.49. The van der Waals surface area contributed by atoms with Crippen molar-refractivity contribution in [1.82, 2.24) is 10.4 Å². The van der Waals surface area contributed by atoms with E-state index in [0.29, 0.717) is 16.3 Å². The number of pyridine rings is 1. The Bertz CT molecular complexity index is 969. The minimum Gasteiger partial charge on any atom is -0.462 e. The zero-order valence-electron chi connectivity index (χ0n) is 17.0. The van der Waals surface area contributed by atoms with Gasteiger partial charge < -0.3 is 10.1 Å². The molecule has 30 heavy (non-hydrogen) atoms. The van der Waals surface area contributed by atoms with Gasteiger partial charge in [-0.05, 0) is 57.2 Å². The number of esters is 1. The van der Waals surface area contributed by atoms with E-state index >= 15 is 0 Å². The summed E-state index contributed by atoms with van der Waals surface area (Å²) in [4.78, 5) is 42.2. The van der Waals surface area contributed by atoms with Crippen molar-refractivity contribution in [2.75, 3.05) is 11.9 Å². The molecule has 2 N–H and O–H groups in total. The lowest BCUT2D eigenvalue weighted by Crippen LogP contribution is -2.33. The molecule has 0 bridgehead atoms. The molecule has 0 saturated carbocycles. The Morgan fingerprint density at radius 3 is 2.60 bits per heavy atom. The number of amides is 2. The lowest BCUT2D eigenvalue weighted by molar-refractivity contribution is -0.136. The Hall–Kier alpha value is -3.07. The van der Waals surface area contributed by atoms with Gasteiger partial charge in [0, 0.05) is 22.8 Å². The number of anilines is 1. The third-order valence-corrected chi connectivity index (χ3v) is 5.96. The summed E-state index contributed by atoms with van der Waals surface area (Å²) in [6.45, 7) is 3.68. The Labute approximate surface area is 178 Å². The number of nitrogens with one attached hydrogen (secondary N) is 2. The van der Waals surface area contributed by atoms with Gasteiger partial charge in [-0.1, -0.05) is 6.42 Å². The first-order valence-corrected chi connectivity index (χ1v) is 10.7. The molecule has 0 radical (unpaired) electrons. The molecule has 0 unspecified atom stereocenters. The Morgan fingerprint density at radius 1 is 1.13 bits per heavy atom. The van der Waals surface area contributed by atoms with Crippen LogP contribution in [0.25, 0.3) is 0 Å². The first kappa shape index (κ1) is 21.6. The van der Waals surface area contributed by atoms with Crippen molar-refractivity contribution in [3.8, 4) is 0 Å².